The molecular weight excluding hydrogens is 718 g/mol. The molecule has 4 heterocycles. The highest BCUT2D eigenvalue weighted by atomic mass is 16.7. The summed E-state index contributed by atoms with van der Waals surface area (Å²) in [6, 6.07) is 6.63. The van der Waals surface area contributed by atoms with Crippen molar-refractivity contribution in [3.05, 3.63) is 59.3 Å². The fourth-order valence-corrected chi connectivity index (χ4v) is 6.36. The SMILES string of the molecule is O=C=O.[C-]#[N+]CC(=O)N1CC[C@@H](C)[C@@H](N(C)c2ncnc3c2ccn3C(=O)N(C)CCN(C)C(=N)OCc2ccc(O[C@@H]3OC[C@@H](O)[C@H](O)[C@H]3O)c(C)c2)C1. The van der Waals surface area contributed by atoms with Crippen LogP contribution in [0.4, 0.5) is 10.6 Å². The lowest BCUT2D eigenvalue weighted by atomic mass is 9.92. The Morgan fingerprint density at radius 1 is 1.11 bits per heavy atom. The van der Waals surface area contributed by atoms with Gasteiger partial charge < -0.3 is 54.0 Å². The van der Waals surface area contributed by atoms with Crippen LogP contribution in [0.1, 0.15) is 24.5 Å². The Kier molecular flexibility index (Phi) is 14.6. The molecule has 3 aromatic rings. The maximum atomic E-state index is 13.5. The van der Waals surface area contributed by atoms with Crippen LogP contribution in [0, 0.1) is 24.8 Å². The van der Waals surface area contributed by atoms with Crippen molar-refractivity contribution in [3.8, 4) is 5.75 Å². The van der Waals surface area contributed by atoms with Crippen LogP contribution in [0.2, 0.25) is 0 Å². The van der Waals surface area contributed by atoms with Crippen LogP contribution >= 0.6 is 0 Å². The van der Waals surface area contributed by atoms with Gasteiger partial charge in [0.05, 0.1) is 18.0 Å². The molecule has 4 N–H and O–H groups in total. The number of ether oxygens (including phenoxy) is 3. The number of carbonyl (C=O) groups excluding carboxylic acids is 4. The van der Waals surface area contributed by atoms with E-state index >= 15 is 0 Å². The number of carbonyl (C=O) groups is 2. The van der Waals surface area contributed by atoms with Gasteiger partial charge in [-0.1, -0.05) is 13.0 Å². The van der Waals surface area contributed by atoms with E-state index in [4.69, 9.17) is 35.8 Å². The first-order valence-corrected chi connectivity index (χ1v) is 17.5. The second-order valence-electron chi connectivity index (χ2n) is 13.5. The molecule has 0 aliphatic carbocycles. The molecule has 1 aromatic carbocycles. The lowest BCUT2D eigenvalue weighted by Gasteiger charge is -2.41. The Hall–Kier alpha value is -5.64. The van der Waals surface area contributed by atoms with Gasteiger partial charge in [0, 0.05) is 53.5 Å². The van der Waals surface area contributed by atoms with Crippen molar-refractivity contribution >= 4 is 41.0 Å². The van der Waals surface area contributed by atoms with Crippen LogP contribution in [-0.2, 0) is 30.5 Å². The number of likely N-dealkylation sites (N-methyl/N-ethyl adjacent to an activating group) is 3. The second kappa shape index (κ2) is 19.1. The van der Waals surface area contributed by atoms with Crippen LogP contribution in [0.25, 0.3) is 15.9 Å². The molecule has 2 fully saturated rings. The largest absolute Gasteiger partial charge is 0.462 e. The second-order valence-corrected chi connectivity index (χ2v) is 13.5. The monoisotopic (exact) mass is 765 g/mol. The van der Waals surface area contributed by atoms with Crippen LogP contribution < -0.4 is 9.64 Å². The molecule has 2 aliphatic heterocycles. The number of fused-ring (bicyclic) bond motifs is 1. The minimum Gasteiger partial charge on any atom is -0.462 e. The molecule has 0 radical (unpaired) electrons. The number of piperidine rings is 1. The molecule has 2 amide bonds. The number of hydrogen-bond acceptors (Lipinski definition) is 14. The van der Waals surface area contributed by atoms with E-state index in [9.17, 15) is 24.9 Å². The Labute approximate surface area is 317 Å². The van der Waals surface area contributed by atoms with Gasteiger partial charge in [0.1, 0.15) is 42.8 Å². The Morgan fingerprint density at radius 3 is 2.51 bits per heavy atom. The molecule has 0 spiro atoms. The predicted molar refractivity (Wildman–Crippen MR) is 195 cm³/mol. The number of nitrogens with one attached hydrogen (secondary N) is 1. The Balaban J connectivity index is 0.00000217. The molecule has 2 saturated heterocycles. The maximum absolute atomic E-state index is 13.5. The first-order valence-electron chi connectivity index (χ1n) is 17.5. The van der Waals surface area contributed by atoms with Gasteiger partial charge in [-0.25, -0.2) is 21.3 Å². The van der Waals surface area contributed by atoms with Gasteiger partial charge in [-0.05, 0) is 48.6 Å². The summed E-state index contributed by atoms with van der Waals surface area (Å²) in [5.74, 6) is 1.18. The van der Waals surface area contributed by atoms with Crippen molar-refractivity contribution in [3.63, 3.8) is 0 Å². The topological polar surface area (TPSA) is 229 Å². The van der Waals surface area contributed by atoms with Crippen LogP contribution in [-0.4, -0.2) is 160 Å². The van der Waals surface area contributed by atoms with Gasteiger partial charge in [-0.3, -0.25) is 14.8 Å². The van der Waals surface area contributed by atoms with E-state index in [2.05, 4.69) is 21.7 Å². The minimum absolute atomic E-state index is 0.0301. The number of rotatable bonds is 10. The molecule has 2 aliphatic rings. The van der Waals surface area contributed by atoms with Crippen molar-refractivity contribution in [1.29, 1.82) is 5.41 Å². The number of aliphatic hydroxyl groups is 3. The molecule has 0 saturated carbocycles. The summed E-state index contributed by atoms with van der Waals surface area (Å²) in [6.45, 7) is 12.5. The summed E-state index contributed by atoms with van der Waals surface area (Å²) in [7, 11) is 5.30. The van der Waals surface area contributed by atoms with Crippen molar-refractivity contribution in [2.24, 2.45) is 5.92 Å². The fourth-order valence-electron chi connectivity index (χ4n) is 6.36. The third-order valence-electron chi connectivity index (χ3n) is 9.74. The molecule has 6 atom stereocenters. The van der Waals surface area contributed by atoms with Crippen LogP contribution in [0.5, 0.6) is 5.75 Å². The quantitative estimate of drug-likeness (QED) is 0.126. The molecule has 0 unspecified atom stereocenters. The summed E-state index contributed by atoms with van der Waals surface area (Å²) < 4.78 is 18.2. The molecule has 19 nitrogen and oxygen atoms in total. The molecule has 19 heteroatoms. The highest BCUT2D eigenvalue weighted by Gasteiger charge is 2.39. The minimum atomic E-state index is -1.41. The molecule has 296 valence electrons. The number of aromatic nitrogens is 3. The summed E-state index contributed by atoms with van der Waals surface area (Å²) in [4.78, 5) is 61.4. The zero-order chi connectivity index (χ0) is 40.4. The number of nitrogens with zero attached hydrogens (tertiary/aromatic N) is 8. The van der Waals surface area contributed by atoms with E-state index in [1.165, 1.54) is 15.8 Å². The number of amides is 2. The number of aryl methyl sites for hydroxylation is 1. The van der Waals surface area contributed by atoms with Crippen molar-refractivity contribution in [1.82, 2.24) is 29.2 Å². The first kappa shape index (κ1) is 42.1. The van der Waals surface area contributed by atoms with E-state index < -0.39 is 24.6 Å². The number of anilines is 1. The van der Waals surface area contributed by atoms with Gasteiger partial charge in [-0.2, -0.15) is 9.59 Å². The summed E-state index contributed by atoms with van der Waals surface area (Å²) in [5, 5.41) is 38.8. The highest BCUT2D eigenvalue weighted by molar-refractivity contribution is 5.95. The van der Waals surface area contributed by atoms with Gasteiger partial charge in [0.15, 0.2) is 5.65 Å². The lowest BCUT2D eigenvalue weighted by molar-refractivity contribution is -0.242. The predicted octanol–water partition coefficient (Wildman–Crippen LogP) is 0.550. The third-order valence-corrected chi connectivity index (χ3v) is 9.74. The van der Waals surface area contributed by atoms with Crippen molar-refractivity contribution in [2.45, 2.75) is 57.5 Å². The molecule has 55 heavy (non-hydrogen) atoms. The Morgan fingerprint density at radius 2 is 1.82 bits per heavy atom. The standard InChI is InChI=1S/C35H47N9O8.CO2/c1-21-9-11-43(28(46)16-37-3)17-25(21)42(6)31-24-10-12-44(32(24)39-20-38-31)35(49)41(5)14-13-40(4)34(36)51-18-23-7-8-27(22(2)15-23)52-33-30(48)29(47)26(45)19-50-33;2-1-3/h7-8,10,12,15,20-21,25-26,29-30,33,36,45,47-48H,9,11,13-14,16-19H2,1-2,4-6H3;/t21-,25+,26-,29+,30-,33+;/m1./s1. The summed E-state index contributed by atoms with van der Waals surface area (Å²) in [6.07, 6.45) is -0.964. The summed E-state index contributed by atoms with van der Waals surface area (Å²) in [5.41, 5.74) is 1.94. The van der Waals surface area contributed by atoms with Crippen LogP contribution in [0.3, 0.4) is 0 Å². The lowest BCUT2D eigenvalue weighted by Crippen LogP contribution is -2.54. The average Bonchev–Trinajstić information content (AvgIpc) is 3.61. The van der Waals surface area contributed by atoms with Gasteiger partial charge in [-0.15, -0.1) is 0 Å². The molecule has 5 rings (SSSR count). The van der Waals surface area contributed by atoms with Crippen LogP contribution in [0.15, 0.2) is 36.8 Å². The van der Waals surface area contributed by atoms with E-state index in [0.29, 0.717) is 48.8 Å². The third kappa shape index (κ3) is 10.1. The van der Waals surface area contributed by atoms with E-state index in [-0.39, 0.29) is 55.8 Å². The van der Waals surface area contributed by atoms with E-state index in [1.54, 1.807) is 55.2 Å². The molecule has 0 bridgehead atoms. The van der Waals surface area contributed by atoms with E-state index in [1.807, 2.05) is 18.0 Å². The van der Waals surface area contributed by atoms with E-state index in [0.717, 1.165) is 17.5 Å². The number of amidine groups is 1. The zero-order valence-corrected chi connectivity index (χ0v) is 31.4. The van der Waals surface area contributed by atoms with Gasteiger partial charge >= 0.3 is 18.1 Å². The highest BCUT2D eigenvalue weighted by Crippen LogP contribution is 2.30. The summed E-state index contributed by atoms with van der Waals surface area (Å²) >= 11 is 0. The average molecular weight is 766 g/mol. The van der Waals surface area contributed by atoms with Gasteiger partial charge in [0.2, 0.25) is 6.29 Å². The molecule has 2 aromatic heterocycles. The number of benzene rings is 1. The zero-order valence-electron chi connectivity index (χ0n) is 31.4. The normalized spacial score (nSPS) is 22.0. The molecular formula is C36H47N9O10. The Bertz CT molecular complexity index is 1890. The van der Waals surface area contributed by atoms with Crippen molar-refractivity contribution in [2.75, 3.05) is 65.4 Å². The number of likely N-dealkylation sites (tertiary alicyclic amines) is 1. The first-order chi connectivity index (χ1) is 26.2. The maximum Gasteiger partial charge on any atom is 0.373 e. The number of hydrogen-bond donors (Lipinski definition) is 4. The van der Waals surface area contributed by atoms with Crippen molar-refractivity contribution < 1.29 is 48.7 Å². The number of aliphatic hydroxyl groups excluding tert-OH is 3. The van der Waals surface area contributed by atoms with Gasteiger partial charge in [0.25, 0.3) is 12.6 Å². The smallest absolute Gasteiger partial charge is 0.373 e. The fraction of sp³-hybridized carbons (Fsp3) is 0.528.